The summed E-state index contributed by atoms with van der Waals surface area (Å²) >= 11 is 11.2. The first-order valence-electron chi connectivity index (χ1n) is 4.53. The van der Waals surface area contributed by atoms with Crippen LogP contribution in [0.2, 0.25) is 5.02 Å². The lowest BCUT2D eigenvalue weighted by Crippen LogP contribution is -2.00. The van der Waals surface area contributed by atoms with Crippen LogP contribution in [0.1, 0.15) is 12.0 Å². The molecule has 0 fully saturated rings. The highest BCUT2D eigenvalue weighted by atomic mass is 35.5. The Hall–Kier alpha value is -0.0600. The molecular weight excluding hydrogens is 280 g/mol. The molecule has 0 aliphatic heterocycles. The topological polar surface area (TPSA) is 0 Å². The monoisotopic (exact) mass is 288 g/mol. The van der Waals surface area contributed by atoms with E-state index in [1.54, 1.807) is 12.1 Å². The normalized spacial score (nSPS) is 11.8. The van der Waals surface area contributed by atoms with Crippen molar-refractivity contribution in [2.75, 3.05) is 5.88 Å². The molecule has 0 nitrogen and oxygen atoms in total. The summed E-state index contributed by atoms with van der Waals surface area (Å²) in [6, 6.07) is 4.66. The standard InChI is InChI=1S/C10H9Cl2F3S/c11-6-2-4-7-3-1-5-8(9(7)12)16-10(13,14)15/h1,3,5H,2,4,6H2. The number of halogens is 5. The van der Waals surface area contributed by atoms with Gasteiger partial charge in [0, 0.05) is 10.8 Å². The van der Waals surface area contributed by atoms with Gasteiger partial charge in [-0.15, -0.1) is 11.6 Å². The maximum absolute atomic E-state index is 12.2. The van der Waals surface area contributed by atoms with Gasteiger partial charge in [-0.2, -0.15) is 13.2 Å². The second kappa shape index (κ2) is 6.03. The van der Waals surface area contributed by atoms with Gasteiger partial charge in [0.05, 0.1) is 5.02 Å². The van der Waals surface area contributed by atoms with Crippen molar-refractivity contribution >= 4 is 35.0 Å². The van der Waals surface area contributed by atoms with E-state index in [1.807, 2.05) is 0 Å². The zero-order chi connectivity index (χ0) is 12.2. The molecule has 0 N–H and O–H groups in total. The molecule has 90 valence electrons. The molecule has 0 bridgehead atoms. The Bertz CT molecular complexity index is 352. The van der Waals surface area contributed by atoms with Crippen LogP contribution in [-0.4, -0.2) is 11.4 Å². The van der Waals surface area contributed by atoms with Crippen molar-refractivity contribution in [2.45, 2.75) is 23.2 Å². The lowest BCUT2D eigenvalue weighted by atomic mass is 10.1. The molecule has 1 aromatic carbocycles. The first-order valence-corrected chi connectivity index (χ1v) is 6.26. The maximum atomic E-state index is 12.2. The van der Waals surface area contributed by atoms with Crippen LogP contribution in [0.4, 0.5) is 13.2 Å². The summed E-state index contributed by atoms with van der Waals surface area (Å²) in [5, 5.41) is 0.176. The molecule has 0 amide bonds. The van der Waals surface area contributed by atoms with Gasteiger partial charge >= 0.3 is 5.51 Å². The third-order valence-electron chi connectivity index (χ3n) is 1.85. The van der Waals surface area contributed by atoms with Crippen LogP contribution in [0.25, 0.3) is 0 Å². The van der Waals surface area contributed by atoms with Crippen LogP contribution in [0.5, 0.6) is 0 Å². The summed E-state index contributed by atoms with van der Waals surface area (Å²) in [6.45, 7) is 0. The predicted molar refractivity (Wildman–Crippen MR) is 62.4 cm³/mol. The minimum atomic E-state index is -4.31. The van der Waals surface area contributed by atoms with Crippen LogP contribution in [0.3, 0.4) is 0 Å². The summed E-state index contributed by atoms with van der Waals surface area (Å²) in [6.07, 6.45) is 1.29. The highest BCUT2D eigenvalue weighted by molar-refractivity contribution is 8.00. The Morgan fingerprint density at radius 1 is 1.25 bits per heavy atom. The summed E-state index contributed by atoms with van der Waals surface area (Å²) in [5.41, 5.74) is -3.61. The number of hydrogen-bond acceptors (Lipinski definition) is 1. The SMILES string of the molecule is FC(F)(F)Sc1cccc(CCCCl)c1Cl. The van der Waals surface area contributed by atoms with Crippen molar-refractivity contribution in [1.82, 2.24) is 0 Å². The number of thioether (sulfide) groups is 1. The first kappa shape index (κ1) is 14.0. The minimum absolute atomic E-state index is 0.0428. The summed E-state index contributed by atoms with van der Waals surface area (Å²) in [5.74, 6) is 0.465. The fourth-order valence-corrected chi connectivity index (χ4v) is 2.30. The molecule has 0 heterocycles. The van der Waals surface area contributed by atoms with Gasteiger partial charge in [0.25, 0.3) is 0 Å². The van der Waals surface area contributed by atoms with Gasteiger partial charge in [-0.25, -0.2) is 0 Å². The quantitative estimate of drug-likeness (QED) is 0.547. The summed E-state index contributed by atoms with van der Waals surface area (Å²) < 4.78 is 36.6. The number of benzene rings is 1. The molecule has 0 atom stereocenters. The van der Waals surface area contributed by atoms with E-state index in [4.69, 9.17) is 23.2 Å². The molecule has 0 aliphatic carbocycles. The fraction of sp³-hybridized carbons (Fsp3) is 0.400. The summed E-state index contributed by atoms with van der Waals surface area (Å²) in [7, 11) is 0. The molecule has 0 spiro atoms. The molecule has 0 radical (unpaired) electrons. The molecule has 6 heteroatoms. The number of alkyl halides is 4. The van der Waals surface area contributed by atoms with E-state index in [9.17, 15) is 13.2 Å². The average Bonchev–Trinajstić information content (AvgIpc) is 2.17. The van der Waals surface area contributed by atoms with E-state index in [-0.39, 0.29) is 21.7 Å². The van der Waals surface area contributed by atoms with E-state index < -0.39 is 5.51 Å². The third-order valence-corrected chi connectivity index (χ3v) is 3.47. The summed E-state index contributed by atoms with van der Waals surface area (Å²) in [4.78, 5) is 0.0428. The third kappa shape index (κ3) is 4.44. The van der Waals surface area contributed by atoms with Crippen molar-refractivity contribution in [3.63, 3.8) is 0 Å². The van der Waals surface area contributed by atoms with Crippen molar-refractivity contribution < 1.29 is 13.2 Å². The molecular formula is C10H9Cl2F3S. The van der Waals surface area contributed by atoms with Crippen LogP contribution >= 0.6 is 35.0 Å². The second-order valence-corrected chi connectivity index (χ2v) is 4.93. The van der Waals surface area contributed by atoms with E-state index in [1.165, 1.54) is 6.07 Å². The van der Waals surface area contributed by atoms with Crippen LogP contribution < -0.4 is 0 Å². The van der Waals surface area contributed by atoms with E-state index in [2.05, 4.69) is 0 Å². The Kier molecular flexibility index (Phi) is 5.28. The number of hydrogen-bond donors (Lipinski definition) is 0. The smallest absolute Gasteiger partial charge is 0.160 e. The Labute approximate surface area is 106 Å². The highest BCUT2D eigenvalue weighted by Crippen LogP contribution is 2.41. The molecule has 1 aromatic rings. The van der Waals surface area contributed by atoms with Gasteiger partial charge in [0.1, 0.15) is 0 Å². The van der Waals surface area contributed by atoms with Gasteiger partial charge in [-0.1, -0.05) is 23.7 Å². The Balaban J connectivity index is 2.86. The second-order valence-electron chi connectivity index (χ2n) is 3.07. The zero-order valence-electron chi connectivity index (χ0n) is 8.15. The van der Waals surface area contributed by atoms with E-state index >= 15 is 0 Å². The maximum Gasteiger partial charge on any atom is 0.446 e. The van der Waals surface area contributed by atoms with E-state index in [0.29, 0.717) is 24.3 Å². The molecule has 0 unspecified atom stereocenters. The van der Waals surface area contributed by atoms with Gasteiger partial charge < -0.3 is 0 Å². The van der Waals surface area contributed by atoms with Crippen molar-refractivity contribution in [3.8, 4) is 0 Å². The lowest BCUT2D eigenvalue weighted by molar-refractivity contribution is -0.0328. The Morgan fingerprint density at radius 2 is 1.94 bits per heavy atom. The largest absolute Gasteiger partial charge is 0.446 e. The van der Waals surface area contributed by atoms with Crippen LogP contribution in [0, 0.1) is 0 Å². The van der Waals surface area contributed by atoms with Crippen molar-refractivity contribution in [2.24, 2.45) is 0 Å². The van der Waals surface area contributed by atoms with Gasteiger partial charge in [0.2, 0.25) is 0 Å². The molecule has 0 aliphatic rings. The van der Waals surface area contributed by atoms with Gasteiger partial charge in [0.15, 0.2) is 0 Å². The zero-order valence-corrected chi connectivity index (χ0v) is 10.5. The minimum Gasteiger partial charge on any atom is -0.160 e. The van der Waals surface area contributed by atoms with E-state index in [0.717, 1.165) is 0 Å². The van der Waals surface area contributed by atoms with Crippen LogP contribution in [-0.2, 0) is 6.42 Å². The molecule has 16 heavy (non-hydrogen) atoms. The molecule has 0 saturated heterocycles. The first-order chi connectivity index (χ1) is 7.44. The van der Waals surface area contributed by atoms with Crippen LogP contribution in [0.15, 0.2) is 23.1 Å². The number of aryl methyl sites for hydroxylation is 1. The fourth-order valence-electron chi connectivity index (χ4n) is 1.21. The van der Waals surface area contributed by atoms with Gasteiger partial charge in [-0.05, 0) is 36.2 Å². The average molecular weight is 289 g/mol. The Morgan fingerprint density at radius 3 is 2.50 bits per heavy atom. The molecule has 0 saturated carbocycles. The predicted octanol–water partition coefficient (Wildman–Crippen LogP) is 5.12. The highest BCUT2D eigenvalue weighted by Gasteiger charge is 2.30. The van der Waals surface area contributed by atoms with Crippen molar-refractivity contribution in [1.29, 1.82) is 0 Å². The molecule has 0 aromatic heterocycles. The molecule has 1 rings (SSSR count). The lowest BCUT2D eigenvalue weighted by Gasteiger charge is -2.10. The number of rotatable bonds is 4. The van der Waals surface area contributed by atoms with Gasteiger partial charge in [-0.3, -0.25) is 0 Å². The van der Waals surface area contributed by atoms with Crippen molar-refractivity contribution in [3.05, 3.63) is 28.8 Å².